The van der Waals surface area contributed by atoms with Gasteiger partial charge in [0.05, 0.1) is 17.5 Å². The maximum Gasteiger partial charge on any atom is 0.238 e. The first kappa shape index (κ1) is 19.8. The lowest BCUT2D eigenvalue weighted by Gasteiger charge is -2.35. The monoisotopic (exact) mass is 408 g/mol. The third kappa shape index (κ3) is 5.29. The highest BCUT2D eigenvalue weighted by molar-refractivity contribution is 7.89. The van der Waals surface area contributed by atoms with Crippen LogP contribution in [0.2, 0.25) is 0 Å². The minimum absolute atomic E-state index is 0.0242. The molecule has 1 unspecified atom stereocenters. The van der Waals surface area contributed by atoms with E-state index in [9.17, 15) is 13.2 Å². The number of benzene rings is 1. The predicted octanol–water partition coefficient (Wildman–Crippen LogP) is 1.39. The predicted molar refractivity (Wildman–Crippen MR) is 107 cm³/mol. The third-order valence-electron chi connectivity index (χ3n) is 4.62. The van der Waals surface area contributed by atoms with E-state index in [1.165, 1.54) is 12.1 Å². The lowest BCUT2D eigenvalue weighted by atomic mass is 10.2. The average Bonchev–Trinajstić information content (AvgIpc) is 3.16. The summed E-state index contributed by atoms with van der Waals surface area (Å²) in [5.41, 5.74) is 0.956. The molecule has 3 rings (SSSR count). The molecule has 1 amide bonds. The van der Waals surface area contributed by atoms with Crippen molar-refractivity contribution in [1.82, 2.24) is 10.2 Å². The Morgan fingerprint density at radius 2 is 1.85 bits per heavy atom. The summed E-state index contributed by atoms with van der Waals surface area (Å²) < 4.78 is 22.7. The summed E-state index contributed by atoms with van der Waals surface area (Å²) in [5.74, 6) is 0.0295. The molecule has 1 aromatic carbocycles. The standard InChI is InChI=1S/C18H24N4O3S2/c1-14(17-3-2-12-26-17)20-18(23)13-21-8-10-22(11-9-21)15-4-6-16(7-5-15)27(19,24)25/h2-7,12,14H,8-11,13H2,1H3,(H,20,23)(H2,19,24,25). The summed E-state index contributed by atoms with van der Waals surface area (Å²) in [5, 5.41) is 10.2. The Bertz CT molecular complexity index is 859. The van der Waals surface area contributed by atoms with E-state index >= 15 is 0 Å². The molecule has 0 bridgehead atoms. The number of carbonyl (C=O) groups excluding carboxylic acids is 1. The quantitative estimate of drug-likeness (QED) is 0.753. The van der Waals surface area contributed by atoms with Crippen molar-refractivity contribution >= 4 is 33.0 Å². The van der Waals surface area contributed by atoms with E-state index in [1.807, 2.05) is 24.4 Å². The Hall–Kier alpha value is -1.94. The number of nitrogens with one attached hydrogen (secondary N) is 1. The molecule has 0 saturated carbocycles. The van der Waals surface area contributed by atoms with E-state index in [4.69, 9.17) is 5.14 Å². The van der Waals surface area contributed by atoms with Crippen molar-refractivity contribution in [3.05, 3.63) is 46.7 Å². The second-order valence-electron chi connectivity index (χ2n) is 6.61. The number of rotatable bonds is 6. The molecule has 0 aliphatic carbocycles. The number of nitrogens with two attached hydrogens (primary N) is 1. The second-order valence-corrected chi connectivity index (χ2v) is 9.15. The van der Waals surface area contributed by atoms with Crippen molar-refractivity contribution in [2.45, 2.75) is 17.9 Å². The number of carbonyl (C=O) groups is 1. The van der Waals surface area contributed by atoms with Crippen molar-refractivity contribution in [3.63, 3.8) is 0 Å². The molecular formula is C18H24N4O3S2. The van der Waals surface area contributed by atoms with E-state index in [1.54, 1.807) is 23.5 Å². The van der Waals surface area contributed by atoms with Gasteiger partial charge in [0.25, 0.3) is 0 Å². The molecule has 7 nitrogen and oxygen atoms in total. The highest BCUT2D eigenvalue weighted by Gasteiger charge is 2.20. The van der Waals surface area contributed by atoms with E-state index in [0.29, 0.717) is 6.54 Å². The Kier molecular flexibility index (Phi) is 6.15. The van der Waals surface area contributed by atoms with Gasteiger partial charge in [-0.2, -0.15) is 0 Å². The van der Waals surface area contributed by atoms with E-state index < -0.39 is 10.0 Å². The van der Waals surface area contributed by atoms with Gasteiger partial charge in [0.15, 0.2) is 0 Å². The molecule has 1 saturated heterocycles. The van der Waals surface area contributed by atoms with Crippen molar-refractivity contribution in [2.75, 3.05) is 37.6 Å². The summed E-state index contributed by atoms with van der Waals surface area (Å²) in [6.45, 7) is 5.49. The maximum atomic E-state index is 12.3. The largest absolute Gasteiger partial charge is 0.369 e. The van der Waals surface area contributed by atoms with E-state index in [2.05, 4.69) is 15.1 Å². The van der Waals surface area contributed by atoms with Gasteiger partial charge < -0.3 is 10.2 Å². The number of thiophene rings is 1. The van der Waals surface area contributed by atoms with Crippen molar-refractivity contribution in [2.24, 2.45) is 5.14 Å². The molecule has 0 radical (unpaired) electrons. The van der Waals surface area contributed by atoms with Crippen LogP contribution in [-0.4, -0.2) is 51.9 Å². The van der Waals surface area contributed by atoms with Gasteiger partial charge in [-0.05, 0) is 42.6 Å². The average molecular weight is 409 g/mol. The molecule has 2 aromatic rings. The fraction of sp³-hybridized carbons (Fsp3) is 0.389. The second kappa shape index (κ2) is 8.39. The van der Waals surface area contributed by atoms with Crippen molar-refractivity contribution in [3.8, 4) is 0 Å². The first-order valence-electron chi connectivity index (χ1n) is 8.76. The number of hydrogen-bond acceptors (Lipinski definition) is 6. The van der Waals surface area contributed by atoms with Crippen LogP contribution < -0.4 is 15.4 Å². The zero-order valence-electron chi connectivity index (χ0n) is 15.2. The minimum atomic E-state index is -3.67. The van der Waals surface area contributed by atoms with Gasteiger partial charge in [-0.25, -0.2) is 13.6 Å². The summed E-state index contributed by atoms with van der Waals surface area (Å²) >= 11 is 1.64. The molecule has 2 heterocycles. The summed E-state index contributed by atoms with van der Waals surface area (Å²) in [6, 6.07) is 10.6. The van der Waals surface area contributed by atoms with E-state index in [0.717, 1.165) is 36.7 Å². The van der Waals surface area contributed by atoms with Crippen LogP contribution in [0.15, 0.2) is 46.7 Å². The van der Waals surface area contributed by atoms with Crippen LogP contribution in [0.25, 0.3) is 0 Å². The maximum absolute atomic E-state index is 12.3. The van der Waals surface area contributed by atoms with Crippen molar-refractivity contribution < 1.29 is 13.2 Å². The Balaban J connectivity index is 1.48. The van der Waals surface area contributed by atoms with Gasteiger partial charge in [0.2, 0.25) is 15.9 Å². The first-order chi connectivity index (χ1) is 12.8. The van der Waals surface area contributed by atoms with Crippen LogP contribution >= 0.6 is 11.3 Å². The van der Waals surface area contributed by atoms with Gasteiger partial charge in [0, 0.05) is 36.7 Å². The summed E-state index contributed by atoms with van der Waals surface area (Å²) in [4.78, 5) is 17.8. The van der Waals surface area contributed by atoms with Gasteiger partial charge >= 0.3 is 0 Å². The smallest absolute Gasteiger partial charge is 0.238 e. The van der Waals surface area contributed by atoms with Crippen LogP contribution in [0.3, 0.4) is 0 Å². The van der Waals surface area contributed by atoms with Gasteiger partial charge in [-0.15, -0.1) is 11.3 Å². The molecule has 1 atom stereocenters. The highest BCUT2D eigenvalue weighted by atomic mass is 32.2. The molecule has 27 heavy (non-hydrogen) atoms. The molecular weight excluding hydrogens is 384 g/mol. The zero-order chi connectivity index (χ0) is 19.4. The first-order valence-corrected chi connectivity index (χ1v) is 11.2. The van der Waals surface area contributed by atoms with Gasteiger partial charge in [-0.3, -0.25) is 9.69 Å². The number of amides is 1. The van der Waals surface area contributed by atoms with Crippen LogP contribution in [-0.2, 0) is 14.8 Å². The third-order valence-corrected chi connectivity index (χ3v) is 6.60. The normalized spacial score (nSPS) is 16.9. The number of primary sulfonamides is 1. The summed E-state index contributed by atoms with van der Waals surface area (Å²) in [6.07, 6.45) is 0. The lowest BCUT2D eigenvalue weighted by Crippen LogP contribution is -2.49. The molecule has 9 heteroatoms. The number of nitrogens with zero attached hydrogens (tertiary/aromatic N) is 2. The fourth-order valence-corrected chi connectivity index (χ4v) is 4.36. The van der Waals surface area contributed by atoms with Gasteiger partial charge in [0.1, 0.15) is 0 Å². The molecule has 1 aliphatic rings. The Morgan fingerprint density at radius 3 is 2.41 bits per heavy atom. The van der Waals surface area contributed by atoms with Crippen LogP contribution in [0.5, 0.6) is 0 Å². The summed E-state index contributed by atoms with van der Waals surface area (Å²) in [7, 11) is -3.67. The highest BCUT2D eigenvalue weighted by Crippen LogP contribution is 2.20. The van der Waals surface area contributed by atoms with Crippen molar-refractivity contribution in [1.29, 1.82) is 0 Å². The van der Waals surface area contributed by atoms with Crippen LogP contribution in [0.4, 0.5) is 5.69 Å². The number of anilines is 1. The Morgan fingerprint density at radius 1 is 1.19 bits per heavy atom. The topological polar surface area (TPSA) is 95.7 Å². The number of hydrogen-bond donors (Lipinski definition) is 2. The Labute approximate surface area is 163 Å². The van der Waals surface area contributed by atoms with Crippen LogP contribution in [0.1, 0.15) is 17.8 Å². The fourth-order valence-electron chi connectivity index (χ4n) is 3.11. The molecule has 1 aliphatic heterocycles. The molecule has 146 valence electrons. The molecule has 1 aromatic heterocycles. The number of sulfonamides is 1. The lowest BCUT2D eigenvalue weighted by molar-refractivity contribution is -0.122. The molecule has 1 fully saturated rings. The van der Waals surface area contributed by atoms with Gasteiger partial charge in [-0.1, -0.05) is 6.07 Å². The van der Waals surface area contributed by atoms with Crippen LogP contribution in [0, 0.1) is 0 Å². The SMILES string of the molecule is CC(NC(=O)CN1CCN(c2ccc(S(N)(=O)=O)cc2)CC1)c1cccs1. The number of piperazine rings is 1. The minimum Gasteiger partial charge on any atom is -0.369 e. The van der Waals surface area contributed by atoms with E-state index in [-0.39, 0.29) is 16.8 Å². The zero-order valence-corrected chi connectivity index (χ0v) is 16.8. The molecule has 3 N–H and O–H groups in total. The molecule has 0 spiro atoms.